The predicted octanol–water partition coefficient (Wildman–Crippen LogP) is 12.4. The van der Waals surface area contributed by atoms with E-state index in [1.54, 1.807) is 6.07 Å². The van der Waals surface area contributed by atoms with Gasteiger partial charge in [0.1, 0.15) is 12.1 Å². The number of fused-ring (bicyclic) bond motifs is 12. The van der Waals surface area contributed by atoms with Gasteiger partial charge in [0.15, 0.2) is 0 Å². The zero-order valence-electron chi connectivity index (χ0n) is 29.5. The quantitative estimate of drug-likeness (QED) is 0.184. The molecule has 254 valence electrons. The molecule has 11 rings (SSSR count). The Morgan fingerprint density at radius 1 is 0.327 bits per heavy atom. The molecule has 0 amide bonds. The van der Waals surface area contributed by atoms with Crippen molar-refractivity contribution in [3.05, 3.63) is 187 Å². The molecule has 0 aliphatic heterocycles. The van der Waals surface area contributed by atoms with Crippen molar-refractivity contribution in [1.82, 2.24) is 13.7 Å². The molecule has 0 saturated carbocycles. The Bertz CT molecular complexity index is 3390. The molecule has 0 aliphatic rings. The fourth-order valence-corrected chi connectivity index (χ4v) is 8.83. The molecule has 0 saturated heterocycles. The summed E-state index contributed by atoms with van der Waals surface area (Å²) in [4.78, 5) is 0. The van der Waals surface area contributed by atoms with Crippen LogP contribution in [0.15, 0.2) is 176 Å². The fraction of sp³-hybridized carbons (Fsp3) is 0. The third kappa shape index (κ3) is 4.33. The van der Waals surface area contributed by atoms with Crippen molar-refractivity contribution < 1.29 is 0 Å². The van der Waals surface area contributed by atoms with Crippen molar-refractivity contribution in [2.24, 2.45) is 0 Å². The van der Waals surface area contributed by atoms with Crippen LogP contribution in [0.1, 0.15) is 11.1 Å². The van der Waals surface area contributed by atoms with Gasteiger partial charge in [0.2, 0.25) is 0 Å². The summed E-state index contributed by atoms with van der Waals surface area (Å²) in [5, 5.41) is 26.6. The number of hydrogen-bond acceptors (Lipinski definition) is 2. The molecule has 5 heteroatoms. The molecular formula is C50H29N5. The van der Waals surface area contributed by atoms with Gasteiger partial charge in [0.25, 0.3) is 0 Å². The van der Waals surface area contributed by atoms with Crippen LogP contribution in [0.2, 0.25) is 0 Å². The zero-order valence-corrected chi connectivity index (χ0v) is 29.5. The minimum atomic E-state index is 0.369. The maximum Gasteiger partial charge on any atom is 0.101 e. The first-order valence-electron chi connectivity index (χ1n) is 18.3. The molecular weight excluding hydrogens is 671 g/mol. The number of nitriles is 2. The van der Waals surface area contributed by atoms with Crippen molar-refractivity contribution in [2.75, 3.05) is 0 Å². The molecule has 0 bridgehead atoms. The molecule has 3 aromatic heterocycles. The van der Waals surface area contributed by atoms with E-state index in [0.717, 1.165) is 72.1 Å². The van der Waals surface area contributed by atoms with E-state index in [2.05, 4.69) is 184 Å². The van der Waals surface area contributed by atoms with Crippen LogP contribution < -0.4 is 0 Å². The van der Waals surface area contributed by atoms with Crippen molar-refractivity contribution in [1.29, 1.82) is 10.5 Å². The largest absolute Gasteiger partial charge is 0.308 e. The molecule has 3 heterocycles. The van der Waals surface area contributed by atoms with Crippen molar-refractivity contribution >= 4 is 65.4 Å². The first-order chi connectivity index (χ1) is 27.2. The maximum atomic E-state index is 9.95. The molecule has 0 radical (unpaired) electrons. The Morgan fingerprint density at radius 2 is 0.709 bits per heavy atom. The van der Waals surface area contributed by atoms with E-state index in [1.807, 2.05) is 12.1 Å². The van der Waals surface area contributed by atoms with Gasteiger partial charge in [0.05, 0.1) is 44.2 Å². The Morgan fingerprint density at radius 3 is 1.18 bits per heavy atom. The average Bonchev–Trinajstić information content (AvgIpc) is 3.90. The third-order valence-corrected chi connectivity index (χ3v) is 11.1. The Kier molecular flexibility index (Phi) is 6.61. The van der Waals surface area contributed by atoms with Gasteiger partial charge in [-0.1, -0.05) is 103 Å². The first-order valence-corrected chi connectivity index (χ1v) is 18.3. The number of para-hydroxylation sites is 5. The van der Waals surface area contributed by atoms with Gasteiger partial charge in [-0.25, -0.2) is 0 Å². The molecule has 8 aromatic carbocycles. The van der Waals surface area contributed by atoms with E-state index >= 15 is 0 Å². The molecule has 11 aromatic rings. The van der Waals surface area contributed by atoms with Crippen LogP contribution >= 0.6 is 0 Å². The summed E-state index contributed by atoms with van der Waals surface area (Å²) in [7, 11) is 0. The summed E-state index contributed by atoms with van der Waals surface area (Å²) in [6, 6.07) is 66.1. The first kappa shape index (κ1) is 30.7. The summed E-state index contributed by atoms with van der Waals surface area (Å²) in [5.41, 5.74) is 12.6. The van der Waals surface area contributed by atoms with Gasteiger partial charge >= 0.3 is 0 Å². The highest BCUT2D eigenvalue weighted by atomic mass is 15.0. The van der Waals surface area contributed by atoms with Gasteiger partial charge in [-0.2, -0.15) is 10.5 Å². The van der Waals surface area contributed by atoms with Gasteiger partial charge in [-0.15, -0.1) is 0 Å². The molecule has 0 aliphatic carbocycles. The molecule has 5 nitrogen and oxygen atoms in total. The highest BCUT2D eigenvalue weighted by molar-refractivity contribution is 6.40. The smallest absolute Gasteiger partial charge is 0.101 e. The summed E-state index contributed by atoms with van der Waals surface area (Å²) < 4.78 is 7.33. The molecule has 0 unspecified atom stereocenters. The van der Waals surface area contributed by atoms with E-state index in [-0.39, 0.29) is 0 Å². The van der Waals surface area contributed by atoms with Gasteiger partial charge in [-0.3, -0.25) is 0 Å². The normalized spacial score (nSPS) is 11.6. The predicted molar refractivity (Wildman–Crippen MR) is 224 cm³/mol. The summed E-state index contributed by atoms with van der Waals surface area (Å²) in [6.45, 7) is 0. The number of aromatic nitrogens is 3. The van der Waals surface area contributed by atoms with E-state index in [4.69, 9.17) is 0 Å². The minimum Gasteiger partial charge on any atom is -0.308 e. The van der Waals surface area contributed by atoms with E-state index in [1.165, 1.54) is 21.5 Å². The van der Waals surface area contributed by atoms with Crippen LogP contribution in [-0.4, -0.2) is 13.7 Å². The van der Waals surface area contributed by atoms with Crippen molar-refractivity contribution in [2.45, 2.75) is 0 Å². The fourth-order valence-electron chi connectivity index (χ4n) is 8.83. The Hall–Kier alpha value is -7.86. The summed E-state index contributed by atoms with van der Waals surface area (Å²) in [5.74, 6) is 0. The van der Waals surface area contributed by atoms with Crippen LogP contribution in [-0.2, 0) is 0 Å². The maximum absolute atomic E-state index is 9.95. The van der Waals surface area contributed by atoms with E-state index in [0.29, 0.717) is 11.1 Å². The lowest BCUT2D eigenvalue weighted by Gasteiger charge is -2.13. The molecule has 0 N–H and O–H groups in total. The number of rotatable bonds is 4. The lowest BCUT2D eigenvalue weighted by molar-refractivity contribution is 1.17. The number of benzene rings is 8. The summed E-state index contributed by atoms with van der Waals surface area (Å²) >= 11 is 0. The third-order valence-electron chi connectivity index (χ3n) is 11.1. The standard InChI is InChI=1S/C50H29N5/c51-30-34-25-24-32(28-35(34)31-52)33-26-27-44-41(29-33)47-49-45(40-21-11-13-23-43(40)54(49)37-16-6-2-7-17-37)48-46(50(47)55(44)38-18-8-3-9-19-38)39-20-10-12-22-42(39)53(48)36-14-4-1-5-15-36/h1-29H. The highest BCUT2D eigenvalue weighted by Crippen LogP contribution is 2.50. The van der Waals surface area contributed by atoms with Crippen LogP contribution in [0.5, 0.6) is 0 Å². The second-order valence-electron chi connectivity index (χ2n) is 13.9. The zero-order chi connectivity index (χ0) is 36.6. The van der Waals surface area contributed by atoms with E-state index < -0.39 is 0 Å². The van der Waals surface area contributed by atoms with Crippen LogP contribution in [0.4, 0.5) is 0 Å². The van der Waals surface area contributed by atoms with Crippen molar-refractivity contribution in [3.8, 4) is 40.3 Å². The topological polar surface area (TPSA) is 62.4 Å². The second kappa shape index (κ2) is 11.8. The Balaban J connectivity index is 1.47. The monoisotopic (exact) mass is 699 g/mol. The second-order valence-corrected chi connectivity index (χ2v) is 13.9. The van der Waals surface area contributed by atoms with Crippen LogP contribution in [0, 0.1) is 22.7 Å². The van der Waals surface area contributed by atoms with Gasteiger partial charge in [0, 0.05) is 49.4 Å². The molecule has 0 fully saturated rings. The molecule has 55 heavy (non-hydrogen) atoms. The van der Waals surface area contributed by atoms with E-state index in [9.17, 15) is 10.5 Å². The van der Waals surface area contributed by atoms with Gasteiger partial charge in [-0.05, 0) is 83.9 Å². The lowest BCUT2D eigenvalue weighted by Crippen LogP contribution is -1.97. The van der Waals surface area contributed by atoms with Crippen molar-refractivity contribution in [3.63, 3.8) is 0 Å². The Labute approximate surface area is 316 Å². The SMILES string of the molecule is N#Cc1ccc(-c2ccc3c(c2)c2c4c(c5ccccc5n4-c4ccccc4)c4c(c5ccccc5n4-c4ccccc4)c2n3-c2ccccc2)cc1C#N. The van der Waals surface area contributed by atoms with Crippen LogP contribution in [0.25, 0.3) is 93.6 Å². The highest BCUT2D eigenvalue weighted by Gasteiger charge is 2.29. The molecule has 0 spiro atoms. The minimum absolute atomic E-state index is 0.369. The number of hydrogen-bond donors (Lipinski definition) is 0. The summed E-state index contributed by atoms with van der Waals surface area (Å²) in [6.07, 6.45) is 0. The van der Waals surface area contributed by atoms with Gasteiger partial charge < -0.3 is 13.7 Å². The number of nitrogens with zero attached hydrogens (tertiary/aromatic N) is 5. The average molecular weight is 700 g/mol. The lowest BCUT2D eigenvalue weighted by atomic mass is 9.97. The molecule has 0 atom stereocenters. The van der Waals surface area contributed by atoms with Crippen LogP contribution in [0.3, 0.4) is 0 Å².